The highest BCUT2D eigenvalue weighted by Crippen LogP contribution is 2.29. The SMILES string of the molecule is CCC(O)c1ccc(OC(C)C)cc1Br. The van der Waals surface area contributed by atoms with Gasteiger partial charge >= 0.3 is 0 Å². The lowest BCUT2D eigenvalue weighted by atomic mass is 10.1. The molecule has 15 heavy (non-hydrogen) atoms. The van der Waals surface area contributed by atoms with Gasteiger partial charge in [0.25, 0.3) is 0 Å². The third-order valence-electron chi connectivity index (χ3n) is 2.09. The van der Waals surface area contributed by atoms with Gasteiger partial charge in [-0.05, 0) is 38.0 Å². The van der Waals surface area contributed by atoms with Crippen molar-refractivity contribution in [2.24, 2.45) is 0 Å². The first-order chi connectivity index (χ1) is 7.04. The number of rotatable bonds is 4. The lowest BCUT2D eigenvalue weighted by Crippen LogP contribution is -2.06. The Bertz CT molecular complexity index is 323. The third kappa shape index (κ3) is 3.50. The number of aliphatic hydroxyl groups is 1. The van der Waals surface area contributed by atoms with Gasteiger partial charge in [0.2, 0.25) is 0 Å². The molecule has 0 fully saturated rings. The number of hydrogen-bond acceptors (Lipinski definition) is 2. The molecule has 0 aliphatic heterocycles. The molecule has 0 aromatic heterocycles. The lowest BCUT2D eigenvalue weighted by molar-refractivity contribution is 0.172. The number of ether oxygens (including phenoxy) is 1. The van der Waals surface area contributed by atoms with E-state index >= 15 is 0 Å². The highest BCUT2D eigenvalue weighted by molar-refractivity contribution is 9.10. The van der Waals surface area contributed by atoms with E-state index in [1.54, 1.807) is 0 Å². The smallest absolute Gasteiger partial charge is 0.120 e. The second-order valence-corrected chi connectivity index (χ2v) is 4.63. The van der Waals surface area contributed by atoms with E-state index in [0.717, 1.165) is 15.8 Å². The fraction of sp³-hybridized carbons (Fsp3) is 0.500. The molecule has 0 heterocycles. The maximum absolute atomic E-state index is 9.71. The molecule has 1 aromatic rings. The summed E-state index contributed by atoms with van der Waals surface area (Å²) in [5, 5.41) is 9.71. The van der Waals surface area contributed by atoms with E-state index < -0.39 is 6.10 Å². The van der Waals surface area contributed by atoms with Crippen molar-refractivity contribution < 1.29 is 9.84 Å². The van der Waals surface area contributed by atoms with Gasteiger partial charge in [-0.25, -0.2) is 0 Å². The van der Waals surface area contributed by atoms with E-state index in [1.165, 1.54) is 0 Å². The Hall–Kier alpha value is -0.540. The Morgan fingerprint density at radius 3 is 2.53 bits per heavy atom. The molecule has 0 saturated carbocycles. The van der Waals surface area contributed by atoms with Crippen LogP contribution in [0.25, 0.3) is 0 Å². The zero-order valence-corrected chi connectivity index (χ0v) is 10.9. The van der Waals surface area contributed by atoms with Gasteiger partial charge in [0, 0.05) is 4.47 Å². The van der Waals surface area contributed by atoms with Crippen LogP contribution in [0.3, 0.4) is 0 Å². The molecule has 1 rings (SSSR count). The Labute approximate surface area is 99.4 Å². The normalized spacial score (nSPS) is 12.9. The average molecular weight is 273 g/mol. The largest absolute Gasteiger partial charge is 0.491 e. The molecule has 3 heteroatoms. The van der Waals surface area contributed by atoms with Crippen LogP contribution < -0.4 is 4.74 Å². The third-order valence-corrected chi connectivity index (χ3v) is 2.78. The van der Waals surface area contributed by atoms with Crippen LogP contribution >= 0.6 is 15.9 Å². The molecular weight excluding hydrogens is 256 g/mol. The van der Waals surface area contributed by atoms with E-state index in [-0.39, 0.29) is 6.10 Å². The van der Waals surface area contributed by atoms with Crippen LogP contribution in [0.2, 0.25) is 0 Å². The minimum absolute atomic E-state index is 0.166. The molecule has 1 N–H and O–H groups in total. The predicted octanol–water partition coefficient (Wildman–Crippen LogP) is 3.68. The predicted molar refractivity (Wildman–Crippen MR) is 65.2 cm³/mol. The van der Waals surface area contributed by atoms with Crippen LogP contribution in [0, 0.1) is 0 Å². The fourth-order valence-electron chi connectivity index (χ4n) is 1.34. The number of halogens is 1. The molecule has 0 bridgehead atoms. The van der Waals surface area contributed by atoms with Gasteiger partial charge in [0.15, 0.2) is 0 Å². The van der Waals surface area contributed by atoms with Crippen LogP contribution in [-0.4, -0.2) is 11.2 Å². The number of aliphatic hydroxyl groups excluding tert-OH is 1. The van der Waals surface area contributed by atoms with Crippen LogP contribution in [0.15, 0.2) is 22.7 Å². The Balaban J connectivity index is 2.88. The second kappa shape index (κ2) is 5.52. The van der Waals surface area contributed by atoms with Gasteiger partial charge in [0.05, 0.1) is 12.2 Å². The Morgan fingerprint density at radius 1 is 1.40 bits per heavy atom. The Morgan fingerprint density at radius 2 is 2.07 bits per heavy atom. The van der Waals surface area contributed by atoms with Gasteiger partial charge in [-0.3, -0.25) is 0 Å². The van der Waals surface area contributed by atoms with E-state index in [9.17, 15) is 5.11 Å². The van der Waals surface area contributed by atoms with Gasteiger partial charge in [-0.2, -0.15) is 0 Å². The summed E-state index contributed by atoms with van der Waals surface area (Å²) in [6.45, 7) is 5.93. The molecule has 0 radical (unpaired) electrons. The number of benzene rings is 1. The molecule has 0 saturated heterocycles. The van der Waals surface area contributed by atoms with Crippen molar-refractivity contribution in [3.8, 4) is 5.75 Å². The van der Waals surface area contributed by atoms with Crippen molar-refractivity contribution in [3.05, 3.63) is 28.2 Å². The highest BCUT2D eigenvalue weighted by atomic mass is 79.9. The molecule has 1 unspecified atom stereocenters. The summed E-state index contributed by atoms with van der Waals surface area (Å²) in [7, 11) is 0. The van der Waals surface area contributed by atoms with Crippen molar-refractivity contribution in [3.63, 3.8) is 0 Å². The second-order valence-electron chi connectivity index (χ2n) is 3.77. The van der Waals surface area contributed by atoms with Crippen LogP contribution in [0.4, 0.5) is 0 Å². The molecule has 2 nitrogen and oxygen atoms in total. The summed E-state index contributed by atoms with van der Waals surface area (Å²) < 4.78 is 6.45. The molecule has 0 spiro atoms. The average Bonchev–Trinajstić information content (AvgIpc) is 2.16. The maximum Gasteiger partial charge on any atom is 0.120 e. The Kier molecular flexibility index (Phi) is 4.61. The molecule has 1 aromatic carbocycles. The molecule has 0 amide bonds. The summed E-state index contributed by atoms with van der Waals surface area (Å²) in [4.78, 5) is 0. The molecule has 0 aliphatic rings. The first-order valence-corrected chi connectivity index (χ1v) is 5.98. The minimum Gasteiger partial charge on any atom is -0.491 e. The van der Waals surface area contributed by atoms with E-state index in [2.05, 4.69) is 15.9 Å². The van der Waals surface area contributed by atoms with Crippen LogP contribution in [0.5, 0.6) is 5.75 Å². The van der Waals surface area contributed by atoms with Crippen molar-refractivity contribution in [1.29, 1.82) is 0 Å². The number of hydrogen-bond donors (Lipinski definition) is 1. The summed E-state index contributed by atoms with van der Waals surface area (Å²) in [5.41, 5.74) is 0.911. The van der Waals surface area contributed by atoms with Crippen LogP contribution in [-0.2, 0) is 0 Å². The minimum atomic E-state index is -0.410. The molecular formula is C12H17BrO2. The van der Waals surface area contributed by atoms with Gasteiger partial charge < -0.3 is 9.84 Å². The van der Waals surface area contributed by atoms with Crippen molar-refractivity contribution in [2.75, 3.05) is 0 Å². The van der Waals surface area contributed by atoms with Crippen molar-refractivity contribution in [2.45, 2.75) is 39.4 Å². The standard InChI is InChI=1S/C12H17BrO2/c1-4-12(14)10-6-5-9(7-11(10)13)15-8(2)3/h5-8,12,14H,4H2,1-3H3. The summed E-state index contributed by atoms with van der Waals surface area (Å²) in [5.74, 6) is 0.823. The maximum atomic E-state index is 9.71. The molecule has 0 aliphatic carbocycles. The monoisotopic (exact) mass is 272 g/mol. The van der Waals surface area contributed by atoms with Crippen molar-refractivity contribution in [1.82, 2.24) is 0 Å². The highest BCUT2D eigenvalue weighted by Gasteiger charge is 2.10. The van der Waals surface area contributed by atoms with Crippen molar-refractivity contribution >= 4 is 15.9 Å². The van der Waals surface area contributed by atoms with Gasteiger partial charge in [-0.1, -0.05) is 28.9 Å². The van der Waals surface area contributed by atoms with E-state index in [4.69, 9.17) is 4.74 Å². The first-order valence-electron chi connectivity index (χ1n) is 5.18. The van der Waals surface area contributed by atoms with Gasteiger partial charge in [-0.15, -0.1) is 0 Å². The molecule has 84 valence electrons. The topological polar surface area (TPSA) is 29.5 Å². The summed E-state index contributed by atoms with van der Waals surface area (Å²) >= 11 is 3.44. The van der Waals surface area contributed by atoms with Gasteiger partial charge in [0.1, 0.15) is 5.75 Å². The zero-order valence-electron chi connectivity index (χ0n) is 9.33. The quantitative estimate of drug-likeness (QED) is 0.906. The summed E-state index contributed by atoms with van der Waals surface area (Å²) in [6, 6.07) is 5.68. The first kappa shape index (κ1) is 12.5. The van der Waals surface area contributed by atoms with E-state index in [0.29, 0.717) is 6.42 Å². The lowest BCUT2D eigenvalue weighted by Gasteiger charge is -2.14. The summed E-state index contributed by atoms with van der Waals surface area (Å²) in [6.07, 6.45) is 0.467. The van der Waals surface area contributed by atoms with E-state index in [1.807, 2.05) is 39.0 Å². The molecule has 1 atom stereocenters. The fourth-order valence-corrected chi connectivity index (χ4v) is 1.97. The zero-order chi connectivity index (χ0) is 11.4. The van der Waals surface area contributed by atoms with Crippen LogP contribution in [0.1, 0.15) is 38.9 Å².